The van der Waals surface area contributed by atoms with E-state index < -0.39 is 6.10 Å². The molecule has 5 rings (SSSR count). The van der Waals surface area contributed by atoms with Gasteiger partial charge in [0.15, 0.2) is 6.10 Å². The lowest BCUT2D eigenvalue weighted by molar-refractivity contribution is -0.133. The highest BCUT2D eigenvalue weighted by Gasteiger charge is 2.35. The Hall–Kier alpha value is -3.97. The minimum Gasteiger partial charge on any atom is -0.478 e. The predicted molar refractivity (Wildman–Crippen MR) is 143 cm³/mol. The molecule has 1 aromatic heterocycles. The second-order valence-electron chi connectivity index (χ2n) is 8.76. The summed E-state index contributed by atoms with van der Waals surface area (Å²) in [6, 6.07) is 25.6. The Bertz CT molecular complexity index is 1370. The van der Waals surface area contributed by atoms with Gasteiger partial charge in [-0.25, -0.2) is 4.98 Å². The Labute approximate surface area is 214 Å². The van der Waals surface area contributed by atoms with Crippen LogP contribution in [0.1, 0.15) is 18.9 Å². The average Bonchev–Trinajstić information content (AvgIpc) is 3.41. The van der Waals surface area contributed by atoms with Crippen molar-refractivity contribution in [3.05, 3.63) is 89.8 Å². The molecule has 7 heteroatoms. The fourth-order valence-electron chi connectivity index (χ4n) is 4.23. The van der Waals surface area contributed by atoms with E-state index in [9.17, 15) is 9.59 Å². The fraction of sp³-hybridized carbons (Fsp3) is 0.207. The van der Waals surface area contributed by atoms with Crippen LogP contribution >= 0.6 is 11.3 Å². The van der Waals surface area contributed by atoms with E-state index in [2.05, 4.69) is 0 Å². The monoisotopic (exact) mass is 497 g/mol. The van der Waals surface area contributed by atoms with E-state index >= 15 is 0 Å². The Kier molecular flexibility index (Phi) is 6.82. The maximum Gasteiger partial charge on any atom is 0.268 e. The summed E-state index contributed by atoms with van der Waals surface area (Å²) in [5.41, 5.74) is 4.38. The van der Waals surface area contributed by atoms with Crippen molar-refractivity contribution in [1.29, 1.82) is 0 Å². The molecule has 0 radical (unpaired) electrons. The van der Waals surface area contributed by atoms with E-state index in [0.717, 1.165) is 27.4 Å². The molecule has 2 amide bonds. The molecule has 2 heterocycles. The number of hydrogen-bond acceptors (Lipinski definition) is 5. The number of carbonyl (C=O) groups excluding carboxylic acids is 2. The average molecular weight is 498 g/mol. The van der Waals surface area contributed by atoms with Gasteiger partial charge >= 0.3 is 0 Å². The van der Waals surface area contributed by atoms with Gasteiger partial charge in [0.1, 0.15) is 17.3 Å². The van der Waals surface area contributed by atoms with Crippen LogP contribution in [-0.2, 0) is 16.1 Å². The van der Waals surface area contributed by atoms with Crippen LogP contribution in [0.5, 0.6) is 5.75 Å². The molecule has 3 aromatic carbocycles. The second-order valence-corrected chi connectivity index (χ2v) is 9.62. The van der Waals surface area contributed by atoms with Crippen molar-refractivity contribution in [2.75, 3.05) is 18.5 Å². The smallest absolute Gasteiger partial charge is 0.268 e. The molecule has 0 spiro atoms. The van der Waals surface area contributed by atoms with E-state index in [1.54, 1.807) is 28.2 Å². The van der Waals surface area contributed by atoms with Gasteiger partial charge in [-0.1, -0.05) is 67.6 Å². The molecule has 0 aliphatic carbocycles. The number of thiazole rings is 1. The molecule has 4 aromatic rings. The summed E-state index contributed by atoms with van der Waals surface area (Å²) in [6.45, 7) is 2.33. The van der Waals surface area contributed by atoms with Crippen molar-refractivity contribution in [3.63, 3.8) is 0 Å². The molecule has 1 atom stereocenters. The second kappa shape index (κ2) is 10.3. The maximum absolute atomic E-state index is 13.3. The Morgan fingerprint density at radius 1 is 1.03 bits per heavy atom. The van der Waals surface area contributed by atoms with Crippen LogP contribution in [0.25, 0.3) is 21.8 Å². The molecule has 1 aliphatic heterocycles. The molecule has 1 aliphatic rings. The molecular weight excluding hydrogens is 470 g/mol. The third-order valence-electron chi connectivity index (χ3n) is 6.23. The summed E-state index contributed by atoms with van der Waals surface area (Å²) in [6.07, 6.45) is -0.0866. The normalized spacial score (nSPS) is 14.8. The van der Waals surface area contributed by atoms with Crippen LogP contribution in [0.3, 0.4) is 0 Å². The van der Waals surface area contributed by atoms with Crippen molar-refractivity contribution in [2.24, 2.45) is 0 Å². The number of anilines is 1. The van der Waals surface area contributed by atoms with Gasteiger partial charge in [-0.05, 0) is 30.2 Å². The molecule has 36 heavy (non-hydrogen) atoms. The van der Waals surface area contributed by atoms with Gasteiger partial charge in [0.2, 0.25) is 5.91 Å². The molecular formula is C29H27N3O3S. The van der Waals surface area contributed by atoms with Gasteiger partial charge in [-0.15, -0.1) is 11.3 Å². The molecule has 0 saturated heterocycles. The van der Waals surface area contributed by atoms with Crippen molar-refractivity contribution in [2.45, 2.75) is 26.0 Å². The highest BCUT2D eigenvalue weighted by atomic mass is 32.1. The van der Waals surface area contributed by atoms with Crippen LogP contribution in [0.4, 0.5) is 5.69 Å². The molecule has 1 unspecified atom stereocenters. The Balaban J connectivity index is 1.42. The summed E-state index contributed by atoms with van der Waals surface area (Å²) in [5.74, 6) is 0.259. The SMILES string of the molecule is CCC1Oc2ccc(-c3csc(-c4ccccc4)n3)cc2N(CC(=O)N(C)Cc2ccccc2)C1=O. The molecule has 0 N–H and O–H groups in total. The van der Waals surface area contributed by atoms with Crippen LogP contribution in [0.15, 0.2) is 84.2 Å². The van der Waals surface area contributed by atoms with E-state index in [1.165, 1.54) is 0 Å². The number of fused-ring (bicyclic) bond motifs is 1. The van der Waals surface area contributed by atoms with Crippen molar-refractivity contribution in [1.82, 2.24) is 9.88 Å². The highest BCUT2D eigenvalue weighted by molar-refractivity contribution is 7.13. The van der Waals surface area contributed by atoms with Gasteiger partial charge in [0.25, 0.3) is 5.91 Å². The number of aromatic nitrogens is 1. The first-order valence-corrected chi connectivity index (χ1v) is 12.8. The summed E-state index contributed by atoms with van der Waals surface area (Å²) in [4.78, 5) is 34.5. The minimum atomic E-state index is -0.612. The number of amides is 2. The lowest BCUT2D eigenvalue weighted by Gasteiger charge is -2.34. The van der Waals surface area contributed by atoms with Crippen molar-refractivity contribution in [3.8, 4) is 27.6 Å². The standard InChI is InChI=1S/C29H27N3O3S/c1-3-25-29(34)32(18-27(33)31(2)17-20-10-6-4-7-11-20)24-16-22(14-15-26(24)35-25)23-19-36-28(30-23)21-12-8-5-9-13-21/h4-16,19,25H,3,17-18H2,1-2H3. The first-order chi connectivity index (χ1) is 17.5. The predicted octanol–water partition coefficient (Wildman–Crippen LogP) is 5.64. The zero-order valence-electron chi connectivity index (χ0n) is 20.3. The quantitative estimate of drug-likeness (QED) is 0.332. The largest absolute Gasteiger partial charge is 0.478 e. The first kappa shape index (κ1) is 23.8. The van der Waals surface area contributed by atoms with Crippen LogP contribution in [0.2, 0.25) is 0 Å². The van der Waals surface area contributed by atoms with E-state index in [0.29, 0.717) is 24.4 Å². The molecule has 182 valence electrons. The van der Waals surface area contributed by atoms with E-state index in [4.69, 9.17) is 9.72 Å². The number of hydrogen-bond donors (Lipinski definition) is 0. The topological polar surface area (TPSA) is 62.7 Å². The number of likely N-dealkylation sites (N-methyl/N-ethyl adjacent to an activating group) is 1. The van der Waals surface area contributed by atoms with Gasteiger partial charge in [-0.2, -0.15) is 0 Å². The number of benzene rings is 3. The number of carbonyl (C=O) groups is 2. The van der Waals surface area contributed by atoms with Crippen LogP contribution < -0.4 is 9.64 Å². The minimum absolute atomic E-state index is 0.0508. The summed E-state index contributed by atoms with van der Waals surface area (Å²) >= 11 is 1.57. The van der Waals surface area contributed by atoms with Gasteiger partial charge in [-0.3, -0.25) is 14.5 Å². The lowest BCUT2D eigenvalue weighted by atomic mass is 10.1. The fourth-order valence-corrected chi connectivity index (χ4v) is 5.06. The zero-order valence-corrected chi connectivity index (χ0v) is 21.1. The molecule has 6 nitrogen and oxygen atoms in total. The number of nitrogens with zero attached hydrogens (tertiary/aromatic N) is 3. The van der Waals surface area contributed by atoms with Crippen LogP contribution in [-0.4, -0.2) is 41.4 Å². The van der Waals surface area contributed by atoms with Crippen LogP contribution in [0, 0.1) is 0 Å². The number of rotatable bonds is 7. The third-order valence-corrected chi connectivity index (χ3v) is 7.12. The Morgan fingerprint density at radius 2 is 1.75 bits per heavy atom. The highest BCUT2D eigenvalue weighted by Crippen LogP contribution is 2.39. The summed E-state index contributed by atoms with van der Waals surface area (Å²) < 4.78 is 5.99. The lowest BCUT2D eigenvalue weighted by Crippen LogP contribution is -2.49. The van der Waals surface area contributed by atoms with Gasteiger partial charge < -0.3 is 9.64 Å². The molecule has 0 saturated carbocycles. The van der Waals surface area contributed by atoms with E-state index in [-0.39, 0.29) is 18.4 Å². The summed E-state index contributed by atoms with van der Waals surface area (Å²) in [7, 11) is 1.76. The molecule has 0 bridgehead atoms. The summed E-state index contributed by atoms with van der Waals surface area (Å²) in [5, 5.41) is 2.93. The van der Waals surface area contributed by atoms with Gasteiger partial charge in [0.05, 0.1) is 11.4 Å². The van der Waals surface area contributed by atoms with Gasteiger partial charge in [0, 0.05) is 30.1 Å². The number of ether oxygens (including phenoxy) is 1. The Morgan fingerprint density at radius 3 is 2.47 bits per heavy atom. The molecule has 0 fully saturated rings. The zero-order chi connectivity index (χ0) is 25.1. The maximum atomic E-state index is 13.3. The van der Waals surface area contributed by atoms with Crippen molar-refractivity contribution < 1.29 is 14.3 Å². The van der Waals surface area contributed by atoms with E-state index in [1.807, 2.05) is 91.2 Å². The first-order valence-electron chi connectivity index (χ1n) is 11.9. The van der Waals surface area contributed by atoms with Crippen molar-refractivity contribution >= 4 is 28.8 Å². The third kappa shape index (κ3) is 4.88.